The van der Waals surface area contributed by atoms with E-state index in [9.17, 15) is 43.2 Å². The van der Waals surface area contributed by atoms with Crippen LogP contribution in [0.1, 0.15) is 421 Å². The Morgan fingerprint density at radius 1 is 0.290 bits per heavy atom. The molecule has 0 radical (unpaired) electrons. The monoisotopic (exact) mass is 1470 g/mol. The molecule has 6 atom stereocenters. The molecule has 0 aromatic heterocycles. The molecule has 0 heterocycles. The van der Waals surface area contributed by atoms with E-state index in [-0.39, 0.29) is 25.7 Å². The molecule has 0 saturated carbocycles. The molecule has 17 nitrogen and oxygen atoms in total. The Morgan fingerprint density at radius 3 is 0.760 bits per heavy atom. The average Bonchev–Trinajstić information content (AvgIpc) is 0.908. The summed E-state index contributed by atoms with van der Waals surface area (Å²) in [5.41, 5.74) is 0. The number of phosphoric ester groups is 2. The van der Waals surface area contributed by atoms with Crippen LogP contribution in [0.4, 0.5) is 0 Å². The second kappa shape index (κ2) is 71.3. The van der Waals surface area contributed by atoms with Gasteiger partial charge in [-0.15, -0.1) is 0 Å². The fourth-order valence-corrected chi connectivity index (χ4v) is 14.0. The van der Waals surface area contributed by atoms with E-state index in [1.807, 2.05) is 0 Å². The largest absolute Gasteiger partial charge is 0.472 e. The van der Waals surface area contributed by atoms with Crippen LogP contribution in [0, 0.1) is 17.8 Å². The van der Waals surface area contributed by atoms with Gasteiger partial charge in [0.15, 0.2) is 12.2 Å². The molecule has 3 N–H and O–H groups in total. The predicted octanol–water partition coefficient (Wildman–Crippen LogP) is 24.1. The van der Waals surface area contributed by atoms with Crippen molar-refractivity contribution < 1.29 is 80.2 Å². The topological polar surface area (TPSA) is 237 Å². The maximum atomic E-state index is 13.1. The first kappa shape index (κ1) is 98.1. The van der Waals surface area contributed by atoms with Crippen LogP contribution in [0.3, 0.4) is 0 Å². The van der Waals surface area contributed by atoms with Crippen LogP contribution in [-0.4, -0.2) is 96.7 Å². The Balaban J connectivity index is 5.23. The van der Waals surface area contributed by atoms with Crippen molar-refractivity contribution in [1.82, 2.24) is 0 Å². The van der Waals surface area contributed by atoms with Crippen molar-refractivity contribution in [1.29, 1.82) is 0 Å². The van der Waals surface area contributed by atoms with Crippen molar-refractivity contribution in [2.24, 2.45) is 17.8 Å². The molecule has 0 aliphatic rings. The summed E-state index contributed by atoms with van der Waals surface area (Å²) in [6.45, 7) is 11.9. The lowest BCUT2D eigenvalue weighted by Crippen LogP contribution is -2.30. The van der Waals surface area contributed by atoms with E-state index in [0.29, 0.717) is 31.6 Å². The highest BCUT2D eigenvalue weighted by atomic mass is 31.2. The molecule has 0 bridgehead atoms. The summed E-state index contributed by atoms with van der Waals surface area (Å²) in [6, 6.07) is 0. The summed E-state index contributed by atoms with van der Waals surface area (Å²) in [5, 5.41) is 10.6. The van der Waals surface area contributed by atoms with Crippen molar-refractivity contribution in [3.8, 4) is 0 Å². The number of hydrogen-bond acceptors (Lipinski definition) is 15. The molecule has 0 aromatic rings. The molecule has 0 rings (SSSR count). The Morgan fingerprint density at radius 2 is 0.510 bits per heavy atom. The van der Waals surface area contributed by atoms with Gasteiger partial charge in [-0.2, -0.15) is 0 Å². The third-order valence-electron chi connectivity index (χ3n) is 19.2. The molecule has 0 saturated heterocycles. The minimum atomic E-state index is -4.96. The summed E-state index contributed by atoms with van der Waals surface area (Å²) in [5.74, 6) is 0.189. The van der Waals surface area contributed by atoms with Crippen molar-refractivity contribution in [2.75, 3.05) is 39.6 Å². The molecule has 0 spiro atoms. The summed E-state index contributed by atoms with van der Waals surface area (Å²) in [4.78, 5) is 73.0. The van der Waals surface area contributed by atoms with Crippen molar-refractivity contribution in [2.45, 2.75) is 439 Å². The molecule has 0 amide bonds. The van der Waals surface area contributed by atoms with Gasteiger partial charge in [-0.25, -0.2) is 9.13 Å². The maximum Gasteiger partial charge on any atom is 0.472 e. The predicted molar refractivity (Wildman–Crippen MR) is 409 cm³/mol. The molecule has 0 aliphatic carbocycles. The van der Waals surface area contributed by atoms with Gasteiger partial charge in [-0.1, -0.05) is 370 Å². The van der Waals surface area contributed by atoms with E-state index in [1.54, 1.807) is 0 Å². The fraction of sp³-hybridized carbons (Fsp3) is 0.951. The van der Waals surface area contributed by atoms with E-state index in [4.69, 9.17) is 37.0 Å². The molecule has 19 heteroatoms. The van der Waals surface area contributed by atoms with Crippen LogP contribution < -0.4 is 0 Å². The lowest BCUT2D eigenvalue weighted by Gasteiger charge is -2.21. The number of esters is 4. The summed E-state index contributed by atoms with van der Waals surface area (Å²) in [6.07, 6.45) is 59.8. The number of ether oxygens (including phenoxy) is 4. The summed E-state index contributed by atoms with van der Waals surface area (Å²) < 4.78 is 68.7. The van der Waals surface area contributed by atoms with Crippen LogP contribution in [-0.2, 0) is 65.4 Å². The van der Waals surface area contributed by atoms with Crippen molar-refractivity contribution >= 4 is 39.5 Å². The van der Waals surface area contributed by atoms with E-state index >= 15 is 0 Å². The van der Waals surface area contributed by atoms with E-state index in [0.717, 1.165) is 108 Å². The highest BCUT2D eigenvalue weighted by molar-refractivity contribution is 7.47. The quantitative estimate of drug-likeness (QED) is 0.0222. The van der Waals surface area contributed by atoms with Gasteiger partial charge in [-0.05, 0) is 43.4 Å². The van der Waals surface area contributed by atoms with Gasteiger partial charge in [-0.3, -0.25) is 37.3 Å². The Kier molecular flexibility index (Phi) is 69.9. The zero-order valence-corrected chi connectivity index (χ0v) is 67.5. The van der Waals surface area contributed by atoms with Crippen molar-refractivity contribution in [3.63, 3.8) is 0 Å². The smallest absolute Gasteiger partial charge is 0.462 e. The Bertz CT molecular complexity index is 1940. The van der Waals surface area contributed by atoms with Gasteiger partial charge >= 0.3 is 39.5 Å². The molecule has 0 aliphatic heterocycles. The number of phosphoric acid groups is 2. The second-order valence-electron chi connectivity index (χ2n) is 30.4. The normalized spacial score (nSPS) is 14.2. The van der Waals surface area contributed by atoms with Gasteiger partial charge in [0.05, 0.1) is 26.4 Å². The fourth-order valence-electron chi connectivity index (χ4n) is 12.5. The molecule has 100 heavy (non-hydrogen) atoms. The third-order valence-corrected chi connectivity index (χ3v) is 21.1. The van der Waals surface area contributed by atoms with E-state index in [2.05, 4.69) is 48.5 Å². The summed E-state index contributed by atoms with van der Waals surface area (Å²) >= 11 is 0. The molecular weight excluding hydrogens is 1310 g/mol. The molecule has 0 fully saturated rings. The van der Waals surface area contributed by atoms with Gasteiger partial charge in [0.2, 0.25) is 0 Å². The van der Waals surface area contributed by atoms with Crippen LogP contribution >= 0.6 is 15.6 Å². The standard InChI is InChI=1S/C81H158O17P2/c1-8-10-11-12-13-14-15-16-17-18-19-20-24-30-35-40-48-55-62-78(83)91-68-76(97-80(85)64-57-50-41-36-31-25-22-21-23-29-34-39-47-54-61-74(7)9-2)70-95-99(87,88)93-66-75(82)67-94-100(89,90)96-71-77(69-92-79(84)63-56-49-44-43-46-53-60-73(5)6)98-81(86)65-58-51-42-37-32-27-26-28-33-38-45-52-59-72(3)4/h72-77,82H,8-71H2,1-7H3,(H,87,88)(H,89,90)/t74?,75-,76-,77-/m1/s1. The molecule has 0 aromatic carbocycles. The number of aliphatic hydroxyl groups is 1. The minimum absolute atomic E-state index is 0.106. The van der Waals surface area contributed by atoms with Crippen LogP contribution in [0.5, 0.6) is 0 Å². The number of carbonyl (C=O) groups is 4. The maximum absolute atomic E-state index is 13.1. The van der Waals surface area contributed by atoms with Gasteiger partial charge in [0, 0.05) is 25.7 Å². The highest BCUT2D eigenvalue weighted by Crippen LogP contribution is 2.45. The molecule has 3 unspecified atom stereocenters. The minimum Gasteiger partial charge on any atom is -0.462 e. The Hall–Kier alpha value is -1.94. The van der Waals surface area contributed by atoms with Crippen LogP contribution in [0.15, 0.2) is 0 Å². The number of rotatable bonds is 79. The second-order valence-corrected chi connectivity index (χ2v) is 33.3. The number of aliphatic hydroxyl groups excluding tert-OH is 1. The third kappa shape index (κ3) is 73.0. The number of unbranched alkanes of at least 4 members (excludes halogenated alkanes) is 46. The zero-order chi connectivity index (χ0) is 73.7. The Labute approximate surface area is 613 Å². The molecule has 594 valence electrons. The lowest BCUT2D eigenvalue weighted by molar-refractivity contribution is -0.161. The zero-order valence-electron chi connectivity index (χ0n) is 65.7. The van der Waals surface area contributed by atoms with Gasteiger partial charge < -0.3 is 33.8 Å². The molecular formula is C81H158O17P2. The summed E-state index contributed by atoms with van der Waals surface area (Å²) in [7, 11) is -9.92. The van der Waals surface area contributed by atoms with Crippen molar-refractivity contribution in [3.05, 3.63) is 0 Å². The number of carbonyl (C=O) groups excluding carboxylic acids is 4. The first-order valence-electron chi connectivity index (χ1n) is 41.9. The van der Waals surface area contributed by atoms with E-state index in [1.165, 1.54) is 225 Å². The first-order valence-corrected chi connectivity index (χ1v) is 44.9. The number of hydrogen-bond donors (Lipinski definition) is 3. The SMILES string of the molecule is CCCCCCCCCCCCCCCCCCCCC(=O)OC[C@H](COP(=O)(O)OC[C@@H](O)COP(=O)(O)OC[C@@H](COC(=O)CCCCCCCCC(C)C)OC(=O)CCCCCCCCCCCCCCC(C)C)OC(=O)CCCCCCCCCCCCCCCCC(C)CC. The first-order chi connectivity index (χ1) is 48.3. The van der Waals surface area contributed by atoms with Gasteiger partial charge in [0.25, 0.3) is 0 Å². The van der Waals surface area contributed by atoms with Gasteiger partial charge in [0.1, 0.15) is 19.3 Å². The van der Waals surface area contributed by atoms with Crippen LogP contribution in [0.25, 0.3) is 0 Å². The van der Waals surface area contributed by atoms with E-state index < -0.39 is 97.5 Å². The average molecular weight is 1470 g/mol. The highest BCUT2D eigenvalue weighted by Gasteiger charge is 2.30. The lowest BCUT2D eigenvalue weighted by atomic mass is 9.99. The van der Waals surface area contributed by atoms with Crippen LogP contribution in [0.2, 0.25) is 0 Å².